The van der Waals surface area contributed by atoms with Gasteiger partial charge in [0.2, 0.25) is 0 Å². The molecule has 0 bridgehead atoms. The Morgan fingerprint density at radius 1 is 1.33 bits per heavy atom. The third-order valence-corrected chi connectivity index (χ3v) is 4.47. The van der Waals surface area contributed by atoms with Crippen molar-refractivity contribution in [3.63, 3.8) is 0 Å². The van der Waals surface area contributed by atoms with Gasteiger partial charge in [0, 0.05) is 35.9 Å². The van der Waals surface area contributed by atoms with Gasteiger partial charge in [-0.3, -0.25) is 0 Å². The summed E-state index contributed by atoms with van der Waals surface area (Å²) < 4.78 is 0. The largest absolute Gasteiger partial charge is 0.395 e. The summed E-state index contributed by atoms with van der Waals surface area (Å²) in [7, 11) is 0. The first-order valence-electron chi connectivity index (χ1n) is 8.08. The van der Waals surface area contributed by atoms with Crippen molar-refractivity contribution in [2.24, 2.45) is 0 Å². The molecule has 118 valence electrons. The minimum atomic E-state index is 0.175. The number of anilines is 1. The van der Waals surface area contributed by atoms with Crippen molar-refractivity contribution in [3.8, 4) is 0 Å². The Balaban J connectivity index is 2.23. The fourth-order valence-electron chi connectivity index (χ4n) is 2.85. The third-order valence-electron chi connectivity index (χ3n) is 4.23. The van der Waals surface area contributed by atoms with E-state index in [1.54, 1.807) is 0 Å². The van der Waals surface area contributed by atoms with Crippen molar-refractivity contribution >= 4 is 17.3 Å². The molecule has 4 heteroatoms. The molecule has 21 heavy (non-hydrogen) atoms. The molecule has 0 aromatic heterocycles. The van der Waals surface area contributed by atoms with Gasteiger partial charge in [-0.2, -0.15) is 0 Å². The van der Waals surface area contributed by atoms with Crippen LogP contribution in [0.3, 0.4) is 0 Å². The fourth-order valence-corrected chi connectivity index (χ4v) is 3.05. The summed E-state index contributed by atoms with van der Waals surface area (Å²) in [4.78, 5) is 2.33. The number of nitrogens with one attached hydrogen (secondary N) is 1. The molecule has 1 aromatic carbocycles. The quantitative estimate of drug-likeness (QED) is 0.732. The Labute approximate surface area is 133 Å². The molecular formula is C17H27ClN2O. The fraction of sp³-hybridized carbons (Fsp3) is 0.647. The van der Waals surface area contributed by atoms with Gasteiger partial charge in [0.05, 0.1) is 6.61 Å². The highest BCUT2D eigenvalue weighted by Crippen LogP contribution is 2.29. The molecule has 1 saturated carbocycles. The molecule has 2 N–H and O–H groups in total. The highest BCUT2D eigenvalue weighted by atomic mass is 35.5. The number of hydrogen-bond acceptors (Lipinski definition) is 3. The van der Waals surface area contributed by atoms with E-state index < -0.39 is 0 Å². The van der Waals surface area contributed by atoms with Gasteiger partial charge in [-0.05, 0) is 49.4 Å². The normalized spacial score (nSPS) is 14.7. The van der Waals surface area contributed by atoms with E-state index in [1.165, 1.54) is 24.1 Å². The second-order valence-corrected chi connectivity index (χ2v) is 6.25. The zero-order valence-electron chi connectivity index (χ0n) is 13.1. The summed E-state index contributed by atoms with van der Waals surface area (Å²) in [6, 6.07) is 7.23. The Morgan fingerprint density at radius 3 is 2.62 bits per heavy atom. The van der Waals surface area contributed by atoms with Crippen LogP contribution in [0.15, 0.2) is 18.2 Å². The summed E-state index contributed by atoms with van der Waals surface area (Å²) in [5, 5.41) is 13.8. The van der Waals surface area contributed by atoms with Crippen molar-refractivity contribution in [3.05, 3.63) is 28.8 Å². The zero-order chi connectivity index (χ0) is 15.2. The van der Waals surface area contributed by atoms with E-state index in [0.717, 1.165) is 24.4 Å². The second kappa shape index (κ2) is 8.02. The minimum absolute atomic E-state index is 0.175. The maximum atomic E-state index is 9.43. The van der Waals surface area contributed by atoms with Gasteiger partial charge in [0.25, 0.3) is 0 Å². The SMILES string of the molecule is CCC(CC)N(CCO)c1ccc(Cl)cc1CNC1CC1. The first-order chi connectivity index (χ1) is 10.2. The van der Waals surface area contributed by atoms with Crippen LogP contribution in [-0.2, 0) is 6.54 Å². The van der Waals surface area contributed by atoms with E-state index in [4.69, 9.17) is 11.6 Å². The van der Waals surface area contributed by atoms with Crippen LogP contribution in [0.25, 0.3) is 0 Å². The number of nitrogens with zero attached hydrogens (tertiary/aromatic N) is 1. The summed E-state index contributed by atoms with van der Waals surface area (Å²) in [6.07, 6.45) is 4.72. The molecular weight excluding hydrogens is 284 g/mol. The van der Waals surface area contributed by atoms with Crippen LogP contribution in [0.4, 0.5) is 5.69 Å². The minimum Gasteiger partial charge on any atom is -0.395 e. The first kappa shape index (κ1) is 16.6. The van der Waals surface area contributed by atoms with Crippen LogP contribution in [-0.4, -0.2) is 30.3 Å². The van der Waals surface area contributed by atoms with Crippen LogP contribution in [0, 0.1) is 0 Å². The van der Waals surface area contributed by atoms with Crippen molar-refractivity contribution < 1.29 is 5.11 Å². The molecule has 0 spiro atoms. The Hall–Kier alpha value is -0.770. The maximum absolute atomic E-state index is 9.43. The van der Waals surface area contributed by atoms with Gasteiger partial charge in [0.15, 0.2) is 0 Å². The summed E-state index contributed by atoms with van der Waals surface area (Å²) in [6.45, 7) is 6.11. The van der Waals surface area contributed by atoms with Gasteiger partial charge >= 0.3 is 0 Å². The molecule has 0 heterocycles. The maximum Gasteiger partial charge on any atom is 0.0606 e. The predicted molar refractivity (Wildman–Crippen MR) is 90.1 cm³/mol. The lowest BCUT2D eigenvalue weighted by Crippen LogP contribution is -2.37. The van der Waals surface area contributed by atoms with Crippen molar-refractivity contribution in [1.29, 1.82) is 0 Å². The van der Waals surface area contributed by atoms with Gasteiger partial charge in [-0.25, -0.2) is 0 Å². The van der Waals surface area contributed by atoms with Crippen LogP contribution in [0.2, 0.25) is 5.02 Å². The lowest BCUT2D eigenvalue weighted by atomic mass is 10.1. The van der Waals surface area contributed by atoms with E-state index in [-0.39, 0.29) is 6.61 Å². The molecule has 3 nitrogen and oxygen atoms in total. The third kappa shape index (κ3) is 4.60. The number of aliphatic hydroxyl groups is 1. The molecule has 0 radical (unpaired) electrons. The summed E-state index contributed by atoms with van der Waals surface area (Å²) in [5.41, 5.74) is 2.44. The molecule has 1 fully saturated rings. The van der Waals surface area contributed by atoms with Gasteiger partial charge in [-0.1, -0.05) is 25.4 Å². The lowest BCUT2D eigenvalue weighted by molar-refractivity contribution is 0.296. The highest BCUT2D eigenvalue weighted by Gasteiger charge is 2.22. The molecule has 1 aromatic rings. The molecule has 1 aliphatic carbocycles. The van der Waals surface area contributed by atoms with Gasteiger partial charge in [0.1, 0.15) is 0 Å². The summed E-state index contributed by atoms with van der Waals surface area (Å²) in [5.74, 6) is 0. The number of hydrogen-bond donors (Lipinski definition) is 2. The zero-order valence-corrected chi connectivity index (χ0v) is 13.9. The molecule has 0 saturated heterocycles. The van der Waals surface area contributed by atoms with Crippen molar-refractivity contribution in [1.82, 2.24) is 5.32 Å². The lowest BCUT2D eigenvalue weighted by Gasteiger charge is -2.34. The van der Waals surface area contributed by atoms with Crippen LogP contribution >= 0.6 is 11.6 Å². The summed E-state index contributed by atoms with van der Waals surface area (Å²) >= 11 is 6.18. The molecule has 1 aliphatic rings. The first-order valence-corrected chi connectivity index (χ1v) is 8.46. The number of aliphatic hydroxyl groups excluding tert-OH is 1. The monoisotopic (exact) mass is 310 g/mol. The van der Waals surface area contributed by atoms with Crippen LogP contribution < -0.4 is 10.2 Å². The smallest absolute Gasteiger partial charge is 0.0606 e. The molecule has 0 aliphatic heterocycles. The molecule has 0 atom stereocenters. The molecule has 0 amide bonds. The highest BCUT2D eigenvalue weighted by molar-refractivity contribution is 6.30. The Kier molecular flexibility index (Phi) is 6.34. The topological polar surface area (TPSA) is 35.5 Å². The molecule has 0 unspecified atom stereocenters. The van der Waals surface area contributed by atoms with Crippen LogP contribution in [0.1, 0.15) is 45.1 Å². The number of rotatable bonds is 9. The Morgan fingerprint density at radius 2 is 2.05 bits per heavy atom. The van der Waals surface area contributed by atoms with E-state index >= 15 is 0 Å². The Bertz CT molecular complexity index is 444. The second-order valence-electron chi connectivity index (χ2n) is 5.82. The standard InChI is InChI=1S/C17H27ClN2O/c1-3-16(4-2)20(9-10-21)17-8-5-14(18)11-13(17)12-19-15-6-7-15/h5,8,11,15-16,19,21H,3-4,6-7,9-10,12H2,1-2H3. The number of halogens is 1. The van der Waals surface area contributed by atoms with E-state index in [1.807, 2.05) is 6.07 Å². The van der Waals surface area contributed by atoms with E-state index in [9.17, 15) is 5.11 Å². The molecule has 2 rings (SSSR count). The predicted octanol–water partition coefficient (Wildman–Crippen LogP) is 3.58. The van der Waals surface area contributed by atoms with E-state index in [2.05, 4.69) is 36.2 Å². The van der Waals surface area contributed by atoms with Crippen molar-refractivity contribution in [2.45, 2.75) is 58.2 Å². The van der Waals surface area contributed by atoms with Gasteiger partial charge < -0.3 is 15.3 Å². The van der Waals surface area contributed by atoms with Crippen molar-refractivity contribution in [2.75, 3.05) is 18.1 Å². The average molecular weight is 311 g/mol. The number of benzene rings is 1. The average Bonchev–Trinajstić information content (AvgIpc) is 3.30. The van der Waals surface area contributed by atoms with E-state index in [0.29, 0.717) is 18.6 Å². The van der Waals surface area contributed by atoms with Crippen LogP contribution in [0.5, 0.6) is 0 Å². The van der Waals surface area contributed by atoms with Gasteiger partial charge in [-0.15, -0.1) is 0 Å².